The Hall–Kier alpha value is -0.620. The summed E-state index contributed by atoms with van der Waals surface area (Å²) in [5.74, 6) is 0.0545. The number of aryl methyl sites for hydroxylation is 1. The molecule has 2 heterocycles. The van der Waals surface area contributed by atoms with Crippen LogP contribution in [0.1, 0.15) is 15.9 Å². The van der Waals surface area contributed by atoms with Gasteiger partial charge in [-0.05, 0) is 17.9 Å². The predicted molar refractivity (Wildman–Crippen MR) is 77.9 cm³/mol. The average molecular weight is 290 g/mol. The summed E-state index contributed by atoms with van der Waals surface area (Å²) in [5.41, 5.74) is 1.88. The van der Waals surface area contributed by atoms with Gasteiger partial charge >= 0.3 is 0 Å². The average Bonchev–Trinajstić information content (AvgIpc) is 2.77. The number of carbonyl (C=O) groups excluding carboxylic acids is 1. The van der Waals surface area contributed by atoms with Crippen molar-refractivity contribution in [2.24, 2.45) is 0 Å². The third-order valence-corrected chi connectivity index (χ3v) is 3.88. The Balaban J connectivity index is 0.00000162. The molecule has 0 radical (unpaired) electrons. The van der Waals surface area contributed by atoms with Crippen molar-refractivity contribution >= 4 is 29.7 Å². The summed E-state index contributed by atoms with van der Waals surface area (Å²) < 4.78 is 0. The Morgan fingerprint density at radius 1 is 1.44 bits per heavy atom. The normalized spacial score (nSPS) is 16.1. The van der Waals surface area contributed by atoms with Crippen LogP contribution in [0.4, 0.5) is 0 Å². The van der Waals surface area contributed by atoms with E-state index in [2.05, 4.69) is 15.5 Å². The molecule has 0 bridgehead atoms. The highest BCUT2D eigenvalue weighted by molar-refractivity contribution is 7.08. The number of thiophene rings is 1. The van der Waals surface area contributed by atoms with Crippen molar-refractivity contribution in [3.63, 3.8) is 0 Å². The SMILES string of the molecule is Cc1cscc1C(=O)NCCN1CCNCC1.Cl. The second-order valence-corrected chi connectivity index (χ2v) is 5.06. The van der Waals surface area contributed by atoms with Gasteiger partial charge in [-0.1, -0.05) is 0 Å². The van der Waals surface area contributed by atoms with Crippen LogP contribution < -0.4 is 10.6 Å². The van der Waals surface area contributed by atoms with Crippen molar-refractivity contribution in [1.82, 2.24) is 15.5 Å². The van der Waals surface area contributed by atoms with E-state index in [0.717, 1.165) is 50.4 Å². The van der Waals surface area contributed by atoms with Gasteiger partial charge in [0.1, 0.15) is 0 Å². The molecule has 18 heavy (non-hydrogen) atoms. The number of nitrogens with one attached hydrogen (secondary N) is 2. The zero-order valence-corrected chi connectivity index (χ0v) is 12.2. The minimum absolute atomic E-state index is 0. The van der Waals surface area contributed by atoms with E-state index in [4.69, 9.17) is 0 Å². The van der Waals surface area contributed by atoms with Crippen LogP contribution in [-0.4, -0.2) is 50.1 Å². The minimum atomic E-state index is 0. The molecule has 1 saturated heterocycles. The van der Waals surface area contributed by atoms with Crippen molar-refractivity contribution in [3.05, 3.63) is 21.9 Å². The van der Waals surface area contributed by atoms with Gasteiger partial charge in [-0.2, -0.15) is 11.3 Å². The van der Waals surface area contributed by atoms with Crippen LogP contribution >= 0.6 is 23.7 Å². The van der Waals surface area contributed by atoms with E-state index in [1.165, 1.54) is 0 Å². The van der Waals surface area contributed by atoms with E-state index < -0.39 is 0 Å². The Morgan fingerprint density at radius 3 is 2.78 bits per heavy atom. The highest BCUT2D eigenvalue weighted by Gasteiger charge is 2.11. The largest absolute Gasteiger partial charge is 0.351 e. The van der Waals surface area contributed by atoms with E-state index in [9.17, 15) is 4.79 Å². The third kappa shape index (κ3) is 4.24. The fraction of sp³-hybridized carbons (Fsp3) is 0.583. The van der Waals surface area contributed by atoms with Gasteiger partial charge in [0.2, 0.25) is 0 Å². The number of amides is 1. The summed E-state index contributed by atoms with van der Waals surface area (Å²) in [6.45, 7) is 7.91. The topological polar surface area (TPSA) is 44.4 Å². The van der Waals surface area contributed by atoms with Crippen LogP contribution in [0.5, 0.6) is 0 Å². The molecule has 0 saturated carbocycles. The molecule has 0 aliphatic carbocycles. The van der Waals surface area contributed by atoms with E-state index in [0.29, 0.717) is 0 Å². The number of rotatable bonds is 4. The number of carbonyl (C=O) groups is 1. The zero-order chi connectivity index (χ0) is 12.1. The van der Waals surface area contributed by atoms with Gasteiger partial charge in [-0.25, -0.2) is 0 Å². The van der Waals surface area contributed by atoms with Gasteiger partial charge in [-0.3, -0.25) is 9.69 Å². The van der Waals surface area contributed by atoms with Crippen molar-refractivity contribution in [2.45, 2.75) is 6.92 Å². The summed E-state index contributed by atoms with van der Waals surface area (Å²) in [5, 5.41) is 10.2. The van der Waals surface area contributed by atoms with Gasteiger partial charge in [0.25, 0.3) is 5.91 Å². The molecule has 1 amide bonds. The number of piperazine rings is 1. The lowest BCUT2D eigenvalue weighted by Crippen LogP contribution is -2.46. The molecule has 1 aliphatic heterocycles. The lowest BCUT2D eigenvalue weighted by atomic mass is 10.2. The maximum absolute atomic E-state index is 11.8. The summed E-state index contributed by atoms with van der Waals surface area (Å²) in [6.07, 6.45) is 0. The summed E-state index contributed by atoms with van der Waals surface area (Å²) in [4.78, 5) is 14.2. The van der Waals surface area contributed by atoms with Crippen LogP contribution in [0.15, 0.2) is 10.8 Å². The smallest absolute Gasteiger partial charge is 0.252 e. The van der Waals surface area contributed by atoms with Gasteiger partial charge in [0, 0.05) is 44.6 Å². The molecule has 0 unspecified atom stereocenters. The highest BCUT2D eigenvalue weighted by Crippen LogP contribution is 2.12. The molecule has 6 heteroatoms. The van der Waals surface area contributed by atoms with E-state index in [-0.39, 0.29) is 18.3 Å². The van der Waals surface area contributed by atoms with Crippen LogP contribution in [0, 0.1) is 6.92 Å². The Labute approximate surface area is 118 Å². The quantitative estimate of drug-likeness (QED) is 0.873. The molecule has 0 atom stereocenters. The molecule has 2 N–H and O–H groups in total. The molecule has 2 rings (SSSR count). The van der Waals surface area contributed by atoms with Gasteiger partial charge in [0.05, 0.1) is 5.56 Å². The van der Waals surface area contributed by atoms with Crippen molar-refractivity contribution in [1.29, 1.82) is 0 Å². The molecule has 1 fully saturated rings. The first kappa shape index (κ1) is 15.4. The second kappa shape index (κ2) is 7.74. The van der Waals surface area contributed by atoms with Gasteiger partial charge in [0.15, 0.2) is 0 Å². The summed E-state index contributed by atoms with van der Waals surface area (Å²) in [6, 6.07) is 0. The number of hydrogen-bond acceptors (Lipinski definition) is 4. The fourth-order valence-corrected chi connectivity index (χ4v) is 2.78. The Bertz CT molecular complexity index is 377. The van der Waals surface area contributed by atoms with Crippen LogP contribution in [-0.2, 0) is 0 Å². The Kier molecular flexibility index (Phi) is 6.63. The van der Waals surface area contributed by atoms with Crippen molar-refractivity contribution < 1.29 is 4.79 Å². The zero-order valence-electron chi connectivity index (χ0n) is 10.6. The molecule has 102 valence electrons. The van der Waals surface area contributed by atoms with E-state index in [1.807, 2.05) is 17.7 Å². The molecule has 1 aliphatic rings. The van der Waals surface area contributed by atoms with Crippen LogP contribution in [0.3, 0.4) is 0 Å². The van der Waals surface area contributed by atoms with E-state index in [1.54, 1.807) is 11.3 Å². The monoisotopic (exact) mass is 289 g/mol. The van der Waals surface area contributed by atoms with Crippen molar-refractivity contribution in [3.8, 4) is 0 Å². The first-order valence-electron chi connectivity index (χ1n) is 6.01. The first-order valence-corrected chi connectivity index (χ1v) is 6.96. The maximum atomic E-state index is 11.8. The molecule has 0 spiro atoms. The van der Waals surface area contributed by atoms with Crippen LogP contribution in [0.25, 0.3) is 0 Å². The maximum Gasteiger partial charge on any atom is 0.252 e. The van der Waals surface area contributed by atoms with Crippen molar-refractivity contribution in [2.75, 3.05) is 39.3 Å². The Morgan fingerprint density at radius 2 is 2.17 bits per heavy atom. The van der Waals surface area contributed by atoms with E-state index >= 15 is 0 Å². The highest BCUT2D eigenvalue weighted by atomic mass is 35.5. The predicted octanol–water partition coefficient (Wildman–Crippen LogP) is 1.11. The van der Waals surface area contributed by atoms with Gasteiger partial charge < -0.3 is 10.6 Å². The standard InChI is InChI=1S/C12H19N3OS.ClH/c1-10-8-17-9-11(10)12(16)14-4-7-15-5-2-13-3-6-15;/h8-9,13H,2-7H2,1H3,(H,14,16);1H. The molecule has 1 aromatic rings. The lowest BCUT2D eigenvalue weighted by molar-refractivity contribution is 0.0947. The molecule has 1 aromatic heterocycles. The number of hydrogen-bond donors (Lipinski definition) is 2. The lowest BCUT2D eigenvalue weighted by Gasteiger charge is -2.27. The number of nitrogens with zero attached hydrogens (tertiary/aromatic N) is 1. The third-order valence-electron chi connectivity index (χ3n) is 3.02. The minimum Gasteiger partial charge on any atom is -0.351 e. The fourth-order valence-electron chi connectivity index (χ4n) is 1.95. The summed E-state index contributed by atoms with van der Waals surface area (Å²) >= 11 is 1.58. The molecular weight excluding hydrogens is 270 g/mol. The summed E-state index contributed by atoms with van der Waals surface area (Å²) in [7, 11) is 0. The second-order valence-electron chi connectivity index (χ2n) is 4.32. The van der Waals surface area contributed by atoms with Crippen LogP contribution in [0.2, 0.25) is 0 Å². The number of halogens is 1. The van der Waals surface area contributed by atoms with Gasteiger partial charge in [-0.15, -0.1) is 12.4 Å². The molecular formula is C12H20ClN3OS. The molecule has 4 nitrogen and oxygen atoms in total. The molecule has 0 aromatic carbocycles. The first-order chi connectivity index (χ1) is 8.27.